The molecule has 5 rings (SSSR count). The van der Waals surface area contributed by atoms with Gasteiger partial charge in [-0.15, -0.1) is 0 Å². The number of urea groups is 1. The Morgan fingerprint density at radius 3 is 2.42 bits per heavy atom. The average Bonchev–Trinajstić information content (AvgIpc) is 3.23. The van der Waals surface area contributed by atoms with E-state index in [-0.39, 0.29) is 45.4 Å². The second-order valence-corrected chi connectivity index (χ2v) is 11.2. The summed E-state index contributed by atoms with van der Waals surface area (Å²) in [4.78, 5) is 46.2. The zero-order valence-electron chi connectivity index (χ0n) is 20.6. The molecule has 0 bridgehead atoms. The lowest BCUT2D eigenvalue weighted by Crippen LogP contribution is -2.34. The lowest BCUT2D eigenvalue weighted by Gasteiger charge is -2.19. The van der Waals surface area contributed by atoms with Crippen LogP contribution in [0.25, 0.3) is 0 Å². The summed E-state index contributed by atoms with van der Waals surface area (Å²) >= 11 is 13.4. The van der Waals surface area contributed by atoms with Crippen LogP contribution in [0.1, 0.15) is 44.0 Å². The number of aromatic nitrogens is 2. The number of nitrogens with one attached hydrogen (secondary N) is 4. The predicted octanol–water partition coefficient (Wildman–Crippen LogP) is 4.38. The van der Waals surface area contributed by atoms with E-state index < -0.39 is 5.97 Å². The lowest BCUT2D eigenvalue weighted by molar-refractivity contribution is 0.0700. The average molecular weight is 577 g/mol. The van der Waals surface area contributed by atoms with Crippen molar-refractivity contribution >= 4 is 63.3 Å². The Hall–Kier alpha value is -3.28. The number of aromatic amines is 1. The summed E-state index contributed by atoms with van der Waals surface area (Å²) in [6.45, 7) is 5.48. The number of carbonyl (C=O) groups is 3. The highest BCUT2D eigenvalue weighted by molar-refractivity contribution is 7.17. The van der Waals surface area contributed by atoms with Gasteiger partial charge in [0, 0.05) is 55.3 Å². The first kappa shape index (κ1) is 26.3. The molecular weight excluding hydrogens is 551 g/mol. The van der Waals surface area contributed by atoms with E-state index in [1.54, 1.807) is 19.1 Å². The third kappa shape index (κ3) is 5.18. The fourth-order valence-electron chi connectivity index (χ4n) is 4.84. The number of H-pyrrole nitrogens is 1. The topological polar surface area (TPSA) is 139 Å². The first-order valence-corrected chi connectivity index (χ1v) is 13.7. The molecule has 10 nitrogen and oxygen atoms in total. The Kier molecular flexibility index (Phi) is 7.26. The molecule has 3 atom stereocenters. The molecule has 1 aromatic carbocycles. The number of thiazole rings is 1. The van der Waals surface area contributed by atoms with Gasteiger partial charge in [-0.1, -0.05) is 46.7 Å². The van der Waals surface area contributed by atoms with Gasteiger partial charge in [0.2, 0.25) is 0 Å². The summed E-state index contributed by atoms with van der Waals surface area (Å²) in [6.07, 6.45) is 0.359. The van der Waals surface area contributed by atoms with Crippen LogP contribution in [0.3, 0.4) is 0 Å². The van der Waals surface area contributed by atoms with Crippen molar-refractivity contribution in [2.75, 3.05) is 29.9 Å². The molecule has 1 unspecified atom stereocenters. The summed E-state index contributed by atoms with van der Waals surface area (Å²) < 4.78 is 0. The van der Waals surface area contributed by atoms with Crippen molar-refractivity contribution in [3.8, 4) is 0 Å². The molecule has 0 radical (unpaired) electrons. The zero-order chi connectivity index (χ0) is 27.1. The molecule has 1 saturated carbocycles. The number of halogens is 2. The molecule has 5 N–H and O–H groups in total. The molecule has 3 amide bonds. The van der Waals surface area contributed by atoms with Crippen molar-refractivity contribution in [2.45, 2.75) is 26.3 Å². The molecule has 1 aliphatic carbocycles. The van der Waals surface area contributed by atoms with E-state index in [4.69, 9.17) is 23.2 Å². The Labute approximate surface area is 232 Å². The monoisotopic (exact) mass is 576 g/mol. The number of hydrogen-bond donors (Lipinski definition) is 5. The van der Waals surface area contributed by atoms with Gasteiger partial charge in [0.25, 0.3) is 5.91 Å². The van der Waals surface area contributed by atoms with Crippen LogP contribution in [0.5, 0.6) is 0 Å². The van der Waals surface area contributed by atoms with Crippen molar-refractivity contribution in [3.63, 3.8) is 0 Å². The Morgan fingerprint density at radius 1 is 1.16 bits per heavy atom. The third-order valence-electron chi connectivity index (χ3n) is 6.84. The van der Waals surface area contributed by atoms with Gasteiger partial charge in [-0.2, -0.15) is 0 Å². The van der Waals surface area contributed by atoms with Crippen LogP contribution < -0.4 is 20.9 Å². The number of hydrogen-bond acceptors (Lipinski definition) is 6. The number of piperidine rings is 1. The number of carboxylic acids is 1. The van der Waals surface area contributed by atoms with E-state index in [1.165, 1.54) is 11.3 Å². The quantitative estimate of drug-likeness (QED) is 0.269. The van der Waals surface area contributed by atoms with Crippen LogP contribution in [0.15, 0.2) is 24.3 Å². The highest BCUT2D eigenvalue weighted by Crippen LogP contribution is 2.48. The van der Waals surface area contributed by atoms with E-state index in [1.807, 2.05) is 19.1 Å². The van der Waals surface area contributed by atoms with Crippen molar-refractivity contribution < 1.29 is 19.5 Å². The first-order valence-electron chi connectivity index (χ1n) is 12.1. The number of carbonyl (C=O) groups excluding carboxylic acids is 2. The Balaban J connectivity index is 1.21. The summed E-state index contributed by atoms with van der Waals surface area (Å²) in [5.74, 6) is -0.776. The molecule has 38 heavy (non-hydrogen) atoms. The SMILES string of the molecule is CCNC(=O)Nc1ccc(Cc2nc(N3C[C@@H]4C(NC(=O)c5[nH]c(C)c(Cl)c5Cl)[C@@H]4C3)sc2C(=O)O)cc1. The van der Waals surface area contributed by atoms with Crippen LogP contribution in [-0.2, 0) is 6.42 Å². The van der Waals surface area contributed by atoms with E-state index in [0.717, 1.165) is 5.56 Å². The predicted molar refractivity (Wildman–Crippen MR) is 147 cm³/mol. The summed E-state index contributed by atoms with van der Waals surface area (Å²) in [6, 6.07) is 6.98. The highest BCUT2D eigenvalue weighted by Gasteiger charge is 2.57. The number of anilines is 2. The number of rotatable bonds is 8. The maximum absolute atomic E-state index is 12.7. The minimum Gasteiger partial charge on any atom is -0.477 e. The third-order valence-corrected chi connectivity index (χ3v) is 8.94. The van der Waals surface area contributed by atoms with Gasteiger partial charge in [-0.25, -0.2) is 14.6 Å². The Morgan fingerprint density at radius 2 is 1.84 bits per heavy atom. The minimum atomic E-state index is -1.01. The molecule has 1 saturated heterocycles. The van der Waals surface area contributed by atoms with Crippen LogP contribution in [-0.4, -0.2) is 58.7 Å². The molecule has 1 aliphatic heterocycles. The zero-order valence-corrected chi connectivity index (χ0v) is 22.9. The standard InChI is InChI=1S/C25H26Cl2N6O4S/c1-3-28-24(37)30-13-6-4-12(5-7-13)8-16-21(23(35)36)38-25(31-16)33-9-14-15(10-33)19(14)32-22(34)20-18(27)17(26)11(2)29-20/h4-7,14-15,19,29H,3,8-10H2,1-2H3,(H,32,34)(H,35,36)(H2,28,30,37)/t14-,15+,19?. The highest BCUT2D eigenvalue weighted by atomic mass is 35.5. The van der Waals surface area contributed by atoms with Crippen molar-refractivity contribution in [1.29, 1.82) is 0 Å². The van der Waals surface area contributed by atoms with Gasteiger partial charge in [0.15, 0.2) is 5.13 Å². The molecule has 3 heterocycles. The van der Waals surface area contributed by atoms with Crippen molar-refractivity contribution in [2.24, 2.45) is 11.8 Å². The summed E-state index contributed by atoms with van der Waals surface area (Å²) in [5.41, 5.74) is 2.94. The first-order chi connectivity index (χ1) is 18.2. The second-order valence-electron chi connectivity index (χ2n) is 9.42. The molecular formula is C25H26Cl2N6O4S. The fraction of sp³-hybridized carbons (Fsp3) is 0.360. The number of aryl methyl sites for hydroxylation is 1. The van der Waals surface area contributed by atoms with Gasteiger partial charge in [0.05, 0.1) is 15.7 Å². The summed E-state index contributed by atoms with van der Waals surface area (Å²) in [5, 5.41) is 19.4. The maximum atomic E-state index is 12.7. The van der Waals surface area contributed by atoms with Gasteiger partial charge in [-0.3, -0.25) is 4.79 Å². The van der Waals surface area contributed by atoms with Gasteiger partial charge < -0.3 is 30.9 Å². The molecule has 0 spiro atoms. The second kappa shape index (κ2) is 10.5. The number of benzene rings is 1. The molecule has 2 fully saturated rings. The number of amides is 3. The Bertz CT molecular complexity index is 1390. The lowest BCUT2D eigenvalue weighted by atomic mass is 10.1. The van der Waals surface area contributed by atoms with E-state index in [2.05, 4.69) is 30.8 Å². The number of fused-ring (bicyclic) bond motifs is 1. The van der Waals surface area contributed by atoms with Gasteiger partial charge >= 0.3 is 12.0 Å². The molecule has 200 valence electrons. The maximum Gasteiger partial charge on any atom is 0.347 e. The summed E-state index contributed by atoms with van der Waals surface area (Å²) in [7, 11) is 0. The molecule has 2 aromatic heterocycles. The van der Waals surface area contributed by atoms with Gasteiger partial charge in [0.1, 0.15) is 10.6 Å². The normalized spacial score (nSPS) is 19.7. The van der Waals surface area contributed by atoms with Crippen LogP contribution in [0, 0.1) is 18.8 Å². The number of carboxylic acid groups (broad SMARTS) is 1. The fourth-order valence-corrected chi connectivity index (χ4v) is 6.20. The molecule has 3 aromatic rings. The number of nitrogens with zero attached hydrogens (tertiary/aromatic N) is 2. The van der Waals surface area contributed by atoms with E-state index in [9.17, 15) is 19.5 Å². The minimum absolute atomic E-state index is 0.0297. The molecule has 2 aliphatic rings. The van der Waals surface area contributed by atoms with E-state index in [0.29, 0.717) is 53.3 Å². The van der Waals surface area contributed by atoms with E-state index >= 15 is 0 Å². The smallest absolute Gasteiger partial charge is 0.347 e. The largest absolute Gasteiger partial charge is 0.477 e. The number of aromatic carboxylic acids is 1. The van der Waals surface area contributed by atoms with Crippen LogP contribution >= 0.6 is 34.5 Å². The molecule has 13 heteroatoms. The van der Waals surface area contributed by atoms with Crippen LogP contribution in [0.2, 0.25) is 10.0 Å². The van der Waals surface area contributed by atoms with Gasteiger partial charge in [-0.05, 0) is 31.5 Å². The van der Waals surface area contributed by atoms with Crippen LogP contribution in [0.4, 0.5) is 15.6 Å². The van der Waals surface area contributed by atoms with Crippen molar-refractivity contribution in [1.82, 2.24) is 20.6 Å². The van der Waals surface area contributed by atoms with Crippen molar-refractivity contribution in [3.05, 3.63) is 61.8 Å².